The highest BCUT2D eigenvalue weighted by Crippen LogP contribution is 2.40. The van der Waals surface area contributed by atoms with Crippen LogP contribution in [0.25, 0.3) is 0 Å². The van der Waals surface area contributed by atoms with Crippen LogP contribution in [0.3, 0.4) is 0 Å². The lowest BCUT2D eigenvalue weighted by Gasteiger charge is -2.42. The lowest BCUT2D eigenvalue weighted by molar-refractivity contribution is -0.0413. The second-order valence-corrected chi connectivity index (χ2v) is 8.08. The van der Waals surface area contributed by atoms with E-state index in [-0.39, 0.29) is 5.60 Å². The van der Waals surface area contributed by atoms with Crippen LogP contribution in [-0.2, 0) is 0 Å². The molecule has 0 radical (unpaired) electrons. The molecule has 2 rings (SSSR count). The third-order valence-electron chi connectivity index (χ3n) is 5.95. The summed E-state index contributed by atoms with van der Waals surface area (Å²) in [5.41, 5.74) is -0.337. The largest absolute Gasteiger partial charge is 0.390 e. The minimum atomic E-state index is -0.337. The average Bonchev–Trinajstić information content (AvgIpc) is 2.39. The van der Waals surface area contributed by atoms with Crippen LogP contribution in [-0.4, -0.2) is 34.7 Å². The highest BCUT2D eigenvalue weighted by atomic mass is 16.3. The number of likely N-dealkylation sites (tertiary alicyclic amines) is 1. The van der Waals surface area contributed by atoms with Crippen molar-refractivity contribution in [2.24, 2.45) is 17.8 Å². The first-order valence-electron chi connectivity index (χ1n) is 8.86. The van der Waals surface area contributed by atoms with Crippen LogP contribution in [0.1, 0.15) is 72.6 Å². The Balaban J connectivity index is 1.77. The molecule has 0 atom stereocenters. The van der Waals surface area contributed by atoms with Gasteiger partial charge in [-0.2, -0.15) is 0 Å². The molecule has 1 N–H and O–H groups in total. The summed E-state index contributed by atoms with van der Waals surface area (Å²) in [7, 11) is 0. The van der Waals surface area contributed by atoms with E-state index >= 15 is 0 Å². The fourth-order valence-corrected chi connectivity index (χ4v) is 4.26. The van der Waals surface area contributed by atoms with Crippen LogP contribution in [0.4, 0.5) is 0 Å². The minimum absolute atomic E-state index is 0.337. The van der Waals surface area contributed by atoms with Gasteiger partial charge in [-0.15, -0.1) is 0 Å². The van der Waals surface area contributed by atoms with Crippen LogP contribution < -0.4 is 0 Å². The maximum absolute atomic E-state index is 10.9. The molecule has 0 spiro atoms. The van der Waals surface area contributed by atoms with Gasteiger partial charge in [-0.3, -0.25) is 0 Å². The summed E-state index contributed by atoms with van der Waals surface area (Å²) in [5.74, 6) is 2.39. The van der Waals surface area contributed by atoms with Crippen molar-refractivity contribution >= 4 is 0 Å². The molecule has 2 fully saturated rings. The van der Waals surface area contributed by atoms with Gasteiger partial charge >= 0.3 is 0 Å². The summed E-state index contributed by atoms with van der Waals surface area (Å²) in [5, 5.41) is 10.9. The Bertz CT molecular complexity index is 284. The molecule has 118 valence electrons. The highest BCUT2D eigenvalue weighted by Gasteiger charge is 2.36. The van der Waals surface area contributed by atoms with Crippen molar-refractivity contribution in [2.45, 2.75) is 84.3 Å². The molecule has 1 saturated heterocycles. The molecule has 0 aromatic rings. The molecule has 1 aliphatic heterocycles. The van der Waals surface area contributed by atoms with E-state index in [9.17, 15) is 5.11 Å². The monoisotopic (exact) mass is 281 g/mol. The van der Waals surface area contributed by atoms with Gasteiger partial charge in [0.2, 0.25) is 0 Å². The summed E-state index contributed by atoms with van der Waals surface area (Å²) in [4.78, 5) is 2.58. The zero-order chi connectivity index (χ0) is 14.8. The van der Waals surface area contributed by atoms with Gasteiger partial charge in [0, 0.05) is 6.04 Å². The van der Waals surface area contributed by atoms with Gasteiger partial charge in [0.05, 0.1) is 5.60 Å². The van der Waals surface area contributed by atoms with Crippen LogP contribution >= 0.6 is 0 Å². The Labute approximate surface area is 125 Å². The molecule has 2 aliphatic rings. The molecular weight excluding hydrogens is 246 g/mol. The first-order chi connectivity index (χ1) is 9.39. The average molecular weight is 281 g/mol. The molecule has 0 aromatic heterocycles. The molecule has 0 amide bonds. The molecule has 1 heterocycles. The molecule has 2 heteroatoms. The van der Waals surface area contributed by atoms with Gasteiger partial charge in [0.15, 0.2) is 0 Å². The number of hydrogen-bond donors (Lipinski definition) is 1. The highest BCUT2D eigenvalue weighted by molar-refractivity contribution is 4.89. The summed E-state index contributed by atoms with van der Waals surface area (Å²) in [6.07, 6.45) is 8.18. The fourth-order valence-electron chi connectivity index (χ4n) is 4.26. The maximum atomic E-state index is 10.9. The molecule has 0 unspecified atom stereocenters. The third kappa shape index (κ3) is 4.21. The van der Waals surface area contributed by atoms with E-state index < -0.39 is 0 Å². The summed E-state index contributed by atoms with van der Waals surface area (Å²) in [6.45, 7) is 11.7. The maximum Gasteiger partial charge on any atom is 0.0650 e. The lowest BCUT2D eigenvalue weighted by Crippen LogP contribution is -2.42. The van der Waals surface area contributed by atoms with E-state index in [4.69, 9.17) is 0 Å². The molecule has 1 saturated carbocycles. The summed E-state index contributed by atoms with van der Waals surface area (Å²) < 4.78 is 0. The Morgan fingerprint density at radius 3 is 2.00 bits per heavy atom. The van der Waals surface area contributed by atoms with Gasteiger partial charge in [-0.25, -0.2) is 0 Å². The number of piperidine rings is 1. The second kappa shape index (κ2) is 6.79. The first kappa shape index (κ1) is 16.3. The van der Waals surface area contributed by atoms with Gasteiger partial charge in [-0.05, 0) is 89.6 Å². The SMILES string of the molecule is CC(C)C1CCC(O)(CC2CCN(C(C)C)CC2)CC1. The van der Waals surface area contributed by atoms with E-state index in [1.54, 1.807) is 0 Å². The summed E-state index contributed by atoms with van der Waals surface area (Å²) in [6, 6.07) is 0.681. The van der Waals surface area contributed by atoms with Gasteiger partial charge in [-0.1, -0.05) is 13.8 Å². The predicted octanol–water partition coefficient (Wildman–Crippen LogP) is 4.07. The van der Waals surface area contributed by atoms with Crippen LogP contribution in [0.5, 0.6) is 0 Å². The molecule has 2 nitrogen and oxygen atoms in total. The number of aliphatic hydroxyl groups is 1. The third-order valence-corrected chi connectivity index (χ3v) is 5.95. The Hall–Kier alpha value is -0.0800. The molecular formula is C18H35NO. The van der Waals surface area contributed by atoms with Crippen molar-refractivity contribution < 1.29 is 5.11 Å². The van der Waals surface area contributed by atoms with E-state index in [1.165, 1.54) is 38.8 Å². The molecule has 20 heavy (non-hydrogen) atoms. The Morgan fingerprint density at radius 2 is 1.55 bits per heavy atom. The normalized spacial score (nSPS) is 34.0. The Kier molecular flexibility index (Phi) is 5.53. The van der Waals surface area contributed by atoms with Crippen molar-refractivity contribution in [2.75, 3.05) is 13.1 Å². The molecule has 0 aromatic carbocycles. The number of nitrogens with zero attached hydrogens (tertiary/aromatic N) is 1. The Morgan fingerprint density at radius 1 is 1.00 bits per heavy atom. The van der Waals surface area contributed by atoms with Crippen molar-refractivity contribution in [1.82, 2.24) is 4.90 Å². The minimum Gasteiger partial charge on any atom is -0.390 e. The van der Waals surface area contributed by atoms with Crippen LogP contribution in [0.15, 0.2) is 0 Å². The molecule has 1 aliphatic carbocycles. The van der Waals surface area contributed by atoms with Crippen molar-refractivity contribution in [3.05, 3.63) is 0 Å². The summed E-state index contributed by atoms with van der Waals surface area (Å²) >= 11 is 0. The zero-order valence-corrected chi connectivity index (χ0v) is 14.1. The quantitative estimate of drug-likeness (QED) is 0.839. The van der Waals surface area contributed by atoms with Crippen molar-refractivity contribution in [3.8, 4) is 0 Å². The van der Waals surface area contributed by atoms with Crippen molar-refractivity contribution in [3.63, 3.8) is 0 Å². The predicted molar refractivity (Wildman–Crippen MR) is 85.8 cm³/mol. The smallest absolute Gasteiger partial charge is 0.0650 e. The van der Waals surface area contributed by atoms with Crippen LogP contribution in [0, 0.1) is 17.8 Å². The second-order valence-electron chi connectivity index (χ2n) is 8.08. The van der Waals surface area contributed by atoms with Gasteiger partial charge in [0.25, 0.3) is 0 Å². The standard InChI is InChI=1S/C18H35NO/c1-14(2)17-5-9-18(20,10-6-17)13-16-7-11-19(12-8-16)15(3)4/h14-17,20H,5-13H2,1-4H3. The zero-order valence-electron chi connectivity index (χ0n) is 14.1. The molecule has 0 bridgehead atoms. The van der Waals surface area contributed by atoms with E-state index in [0.29, 0.717) is 6.04 Å². The number of hydrogen-bond acceptors (Lipinski definition) is 2. The van der Waals surface area contributed by atoms with Crippen molar-refractivity contribution in [1.29, 1.82) is 0 Å². The lowest BCUT2D eigenvalue weighted by atomic mass is 9.70. The number of rotatable bonds is 4. The van der Waals surface area contributed by atoms with E-state index in [2.05, 4.69) is 32.6 Å². The van der Waals surface area contributed by atoms with Gasteiger partial charge in [0.1, 0.15) is 0 Å². The van der Waals surface area contributed by atoms with Gasteiger partial charge < -0.3 is 10.0 Å². The fraction of sp³-hybridized carbons (Fsp3) is 1.00. The van der Waals surface area contributed by atoms with E-state index in [0.717, 1.165) is 37.0 Å². The van der Waals surface area contributed by atoms with E-state index in [1.807, 2.05) is 0 Å². The first-order valence-corrected chi connectivity index (χ1v) is 8.86. The topological polar surface area (TPSA) is 23.5 Å². The van der Waals surface area contributed by atoms with Crippen LogP contribution in [0.2, 0.25) is 0 Å².